The van der Waals surface area contributed by atoms with Crippen LogP contribution in [0, 0.1) is 5.92 Å². The Labute approximate surface area is 154 Å². The predicted molar refractivity (Wildman–Crippen MR) is 97.4 cm³/mol. The summed E-state index contributed by atoms with van der Waals surface area (Å²) in [6.45, 7) is 0.779. The molecule has 0 spiro atoms. The van der Waals surface area contributed by atoms with Crippen LogP contribution < -0.4 is 0 Å². The van der Waals surface area contributed by atoms with Gasteiger partial charge in [-0.15, -0.1) is 12.4 Å². The van der Waals surface area contributed by atoms with E-state index in [4.69, 9.17) is 5.11 Å². The molecule has 0 radical (unpaired) electrons. The molecule has 1 aromatic heterocycles. The maximum absolute atomic E-state index is 12.6. The zero-order chi connectivity index (χ0) is 16.6. The van der Waals surface area contributed by atoms with Gasteiger partial charge in [-0.2, -0.15) is 0 Å². The van der Waals surface area contributed by atoms with E-state index in [2.05, 4.69) is 15.9 Å². The number of carbonyl (C=O) groups is 2. The topological polar surface area (TPSA) is 62.5 Å². The molecule has 1 unspecified atom stereocenters. The second-order valence-electron chi connectivity index (χ2n) is 5.74. The third-order valence-corrected chi connectivity index (χ3v) is 4.83. The van der Waals surface area contributed by atoms with Crippen LogP contribution in [0.2, 0.25) is 0 Å². The molecule has 7 heteroatoms. The van der Waals surface area contributed by atoms with Gasteiger partial charge in [0.1, 0.15) is 5.69 Å². The molecule has 1 aromatic carbocycles. The summed E-state index contributed by atoms with van der Waals surface area (Å²) in [5.41, 5.74) is 2.56. The first-order valence-corrected chi connectivity index (χ1v) is 8.20. The van der Waals surface area contributed by atoms with E-state index in [0.29, 0.717) is 18.7 Å². The maximum atomic E-state index is 12.6. The first-order valence-electron chi connectivity index (χ1n) is 7.41. The van der Waals surface area contributed by atoms with Crippen LogP contribution in [0.25, 0.3) is 11.3 Å². The quantitative estimate of drug-likeness (QED) is 0.838. The largest absolute Gasteiger partial charge is 0.481 e. The van der Waals surface area contributed by atoms with Crippen molar-refractivity contribution in [3.63, 3.8) is 0 Å². The molecule has 24 heavy (non-hydrogen) atoms. The van der Waals surface area contributed by atoms with Gasteiger partial charge >= 0.3 is 5.97 Å². The number of carbonyl (C=O) groups excluding carboxylic acids is 1. The fraction of sp³-hybridized carbons (Fsp3) is 0.294. The van der Waals surface area contributed by atoms with Gasteiger partial charge in [-0.05, 0) is 36.2 Å². The van der Waals surface area contributed by atoms with Crippen LogP contribution in [-0.2, 0) is 11.8 Å². The number of hydrogen-bond acceptors (Lipinski definition) is 2. The van der Waals surface area contributed by atoms with E-state index in [1.807, 2.05) is 41.9 Å². The van der Waals surface area contributed by atoms with Gasteiger partial charge < -0.3 is 14.6 Å². The molecule has 0 aliphatic carbocycles. The number of rotatable bonds is 3. The Morgan fingerprint density at radius 3 is 2.42 bits per heavy atom. The Kier molecular flexibility index (Phi) is 5.72. The lowest BCUT2D eigenvalue weighted by atomic mass is 10.1. The third-order valence-electron chi connectivity index (χ3n) is 4.31. The fourth-order valence-corrected chi connectivity index (χ4v) is 3.21. The minimum absolute atomic E-state index is 0. The molecule has 2 heterocycles. The van der Waals surface area contributed by atoms with Crippen molar-refractivity contribution in [3.05, 3.63) is 46.6 Å². The molecule has 1 saturated heterocycles. The number of benzene rings is 1. The van der Waals surface area contributed by atoms with Crippen molar-refractivity contribution >= 4 is 40.2 Å². The molecule has 3 rings (SSSR count). The smallest absolute Gasteiger partial charge is 0.308 e. The first kappa shape index (κ1) is 18.5. The Balaban J connectivity index is 0.00000208. The molecule has 1 aliphatic heterocycles. The van der Waals surface area contributed by atoms with Gasteiger partial charge in [0.05, 0.1) is 5.92 Å². The Hall–Kier alpha value is -1.79. The highest BCUT2D eigenvalue weighted by Crippen LogP contribution is 2.25. The Morgan fingerprint density at radius 2 is 1.83 bits per heavy atom. The molecule has 0 bridgehead atoms. The molecular formula is C17H18BrClN2O3. The monoisotopic (exact) mass is 412 g/mol. The van der Waals surface area contributed by atoms with E-state index in [1.165, 1.54) is 0 Å². The summed E-state index contributed by atoms with van der Waals surface area (Å²) in [5, 5.41) is 9.07. The highest BCUT2D eigenvalue weighted by atomic mass is 79.9. The summed E-state index contributed by atoms with van der Waals surface area (Å²) in [7, 11) is 1.86. The molecule has 1 fully saturated rings. The lowest BCUT2D eigenvalue weighted by Gasteiger charge is -2.17. The van der Waals surface area contributed by atoms with Gasteiger partial charge in [0.2, 0.25) is 0 Å². The van der Waals surface area contributed by atoms with E-state index >= 15 is 0 Å². The van der Waals surface area contributed by atoms with Crippen molar-refractivity contribution in [2.75, 3.05) is 13.1 Å². The van der Waals surface area contributed by atoms with Gasteiger partial charge in [-0.25, -0.2) is 0 Å². The summed E-state index contributed by atoms with van der Waals surface area (Å²) < 4.78 is 2.86. The predicted octanol–water partition coefficient (Wildman–Crippen LogP) is 3.42. The molecule has 5 nitrogen and oxygen atoms in total. The van der Waals surface area contributed by atoms with E-state index in [-0.39, 0.29) is 24.9 Å². The number of amides is 1. The summed E-state index contributed by atoms with van der Waals surface area (Å²) in [6, 6.07) is 11.6. The van der Waals surface area contributed by atoms with E-state index in [0.717, 1.165) is 15.7 Å². The maximum Gasteiger partial charge on any atom is 0.308 e. The molecule has 1 aliphatic rings. The van der Waals surface area contributed by atoms with Crippen molar-refractivity contribution < 1.29 is 14.7 Å². The van der Waals surface area contributed by atoms with Crippen molar-refractivity contribution in [1.29, 1.82) is 0 Å². The summed E-state index contributed by atoms with van der Waals surface area (Å²) in [4.78, 5) is 25.3. The zero-order valence-electron chi connectivity index (χ0n) is 13.1. The van der Waals surface area contributed by atoms with E-state index < -0.39 is 11.9 Å². The van der Waals surface area contributed by atoms with E-state index in [9.17, 15) is 9.59 Å². The fourth-order valence-electron chi connectivity index (χ4n) is 2.94. The van der Waals surface area contributed by atoms with Gasteiger partial charge in [-0.1, -0.05) is 28.1 Å². The second-order valence-corrected chi connectivity index (χ2v) is 6.66. The lowest BCUT2D eigenvalue weighted by Crippen LogP contribution is -2.31. The molecule has 1 atom stereocenters. The summed E-state index contributed by atoms with van der Waals surface area (Å²) >= 11 is 3.41. The third kappa shape index (κ3) is 3.49. The minimum atomic E-state index is -0.831. The number of carboxylic acids is 1. The molecule has 0 saturated carbocycles. The van der Waals surface area contributed by atoms with Gasteiger partial charge in [0.15, 0.2) is 0 Å². The number of aliphatic carboxylic acids is 1. The first-order chi connectivity index (χ1) is 11.0. The molecule has 128 valence electrons. The van der Waals surface area contributed by atoms with Crippen LogP contribution in [0.1, 0.15) is 16.9 Å². The molecule has 1 amide bonds. The Bertz CT molecular complexity index is 758. The standard InChI is InChI=1S/C17H17BrN2O3.ClH/c1-19-14(11-2-4-13(18)5-3-11)6-7-15(19)16(21)20-9-8-12(10-20)17(22)23;/h2-7,12H,8-10H2,1H3,(H,22,23);1H. The number of nitrogens with zero attached hydrogens (tertiary/aromatic N) is 2. The Morgan fingerprint density at radius 1 is 1.17 bits per heavy atom. The van der Waals surface area contributed by atoms with Crippen molar-refractivity contribution in [2.24, 2.45) is 13.0 Å². The second kappa shape index (κ2) is 7.40. The summed E-state index contributed by atoms with van der Waals surface area (Å²) in [5.74, 6) is -1.40. The van der Waals surface area contributed by atoms with E-state index in [1.54, 1.807) is 11.0 Å². The highest BCUT2D eigenvalue weighted by Gasteiger charge is 2.32. The highest BCUT2D eigenvalue weighted by molar-refractivity contribution is 9.10. The summed E-state index contributed by atoms with van der Waals surface area (Å²) in [6.07, 6.45) is 0.519. The van der Waals surface area contributed by atoms with Gasteiger partial charge in [0.25, 0.3) is 5.91 Å². The minimum Gasteiger partial charge on any atom is -0.481 e. The van der Waals surface area contributed by atoms with Crippen molar-refractivity contribution in [3.8, 4) is 11.3 Å². The number of aromatic nitrogens is 1. The number of halogens is 2. The normalized spacial score (nSPS) is 16.8. The van der Waals surface area contributed by atoms with Crippen molar-refractivity contribution in [1.82, 2.24) is 9.47 Å². The average molecular weight is 414 g/mol. The van der Waals surface area contributed by atoms with Crippen LogP contribution in [0.15, 0.2) is 40.9 Å². The van der Waals surface area contributed by atoms with Crippen LogP contribution >= 0.6 is 28.3 Å². The zero-order valence-corrected chi connectivity index (χ0v) is 15.5. The molecule has 1 N–H and O–H groups in total. The van der Waals surface area contributed by atoms with Crippen LogP contribution in [0.3, 0.4) is 0 Å². The number of carboxylic acid groups (broad SMARTS) is 1. The SMILES string of the molecule is Cl.Cn1c(C(=O)N2CCC(C(=O)O)C2)ccc1-c1ccc(Br)cc1. The number of likely N-dealkylation sites (tertiary alicyclic amines) is 1. The van der Waals surface area contributed by atoms with Crippen LogP contribution in [0.5, 0.6) is 0 Å². The lowest BCUT2D eigenvalue weighted by molar-refractivity contribution is -0.141. The van der Waals surface area contributed by atoms with Crippen LogP contribution in [0.4, 0.5) is 0 Å². The molecule has 2 aromatic rings. The van der Waals surface area contributed by atoms with Crippen molar-refractivity contribution in [2.45, 2.75) is 6.42 Å². The number of hydrogen-bond donors (Lipinski definition) is 1. The average Bonchev–Trinajstić information content (AvgIpc) is 3.15. The van der Waals surface area contributed by atoms with Crippen LogP contribution in [-0.4, -0.2) is 39.5 Å². The van der Waals surface area contributed by atoms with Gasteiger partial charge in [-0.3, -0.25) is 9.59 Å². The molecular weight excluding hydrogens is 396 g/mol. The van der Waals surface area contributed by atoms with Gasteiger partial charge in [0, 0.05) is 30.3 Å².